The van der Waals surface area contributed by atoms with Crippen LogP contribution in [0.3, 0.4) is 0 Å². The molecule has 0 aliphatic heterocycles. The van der Waals surface area contributed by atoms with E-state index in [9.17, 15) is 4.39 Å². The number of hydrogen-bond donors (Lipinski definition) is 0. The standard InChI is InChI=1S/C12H5BrClFN2S/c13-7-4-9-12(16-5-18-9)17-11(7)6-2-1-3-8(14)10(6)15/h1-5H. The molecule has 0 saturated heterocycles. The van der Waals surface area contributed by atoms with Gasteiger partial charge in [-0.3, -0.25) is 0 Å². The smallest absolute Gasteiger partial charge is 0.170 e. The zero-order valence-corrected chi connectivity index (χ0v) is 12.0. The van der Waals surface area contributed by atoms with Crippen LogP contribution in [0.25, 0.3) is 21.6 Å². The molecule has 0 unspecified atom stereocenters. The summed E-state index contributed by atoms with van der Waals surface area (Å²) < 4.78 is 15.7. The predicted molar refractivity (Wildman–Crippen MR) is 75.5 cm³/mol. The third kappa shape index (κ3) is 1.92. The number of nitrogens with zero attached hydrogens (tertiary/aromatic N) is 2. The lowest BCUT2D eigenvalue weighted by Gasteiger charge is -2.06. The van der Waals surface area contributed by atoms with E-state index in [1.807, 2.05) is 6.07 Å². The van der Waals surface area contributed by atoms with Gasteiger partial charge in [0.15, 0.2) is 11.5 Å². The van der Waals surface area contributed by atoms with Crippen LogP contribution < -0.4 is 0 Å². The molecule has 2 heterocycles. The van der Waals surface area contributed by atoms with Crippen LogP contribution in [0.5, 0.6) is 0 Å². The van der Waals surface area contributed by atoms with E-state index < -0.39 is 5.82 Å². The van der Waals surface area contributed by atoms with Gasteiger partial charge in [0.2, 0.25) is 0 Å². The van der Waals surface area contributed by atoms with Gasteiger partial charge in [-0.2, -0.15) is 0 Å². The maximum atomic E-state index is 14.0. The molecule has 3 rings (SSSR count). The molecule has 0 bridgehead atoms. The van der Waals surface area contributed by atoms with Crippen molar-refractivity contribution in [2.75, 3.05) is 0 Å². The molecule has 0 amide bonds. The normalized spacial score (nSPS) is 11.1. The minimum Gasteiger partial charge on any atom is -0.226 e. The first kappa shape index (κ1) is 12.0. The first-order valence-corrected chi connectivity index (χ1v) is 7.06. The van der Waals surface area contributed by atoms with Gasteiger partial charge in [0.1, 0.15) is 0 Å². The number of pyridine rings is 1. The van der Waals surface area contributed by atoms with Crippen LogP contribution in [0.4, 0.5) is 4.39 Å². The van der Waals surface area contributed by atoms with E-state index in [0.717, 1.165) is 9.17 Å². The lowest BCUT2D eigenvalue weighted by atomic mass is 10.1. The molecule has 3 aromatic rings. The van der Waals surface area contributed by atoms with Crippen LogP contribution in [-0.2, 0) is 0 Å². The van der Waals surface area contributed by atoms with Crippen LogP contribution in [0.15, 0.2) is 34.2 Å². The molecule has 2 nitrogen and oxygen atoms in total. The van der Waals surface area contributed by atoms with Gasteiger partial charge < -0.3 is 0 Å². The highest BCUT2D eigenvalue weighted by Gasteiger charge is 2.14. The zero-order chi connectivity index (χ0) is 12.7. The van der Waals surface area contributed by atoms with Crippen molar-refractivity contribution >= 4 is 49.2 Å². The van der Waals surface area contributed by atoms with E-state index in [2.05, 4.69) is 25.9 Å². The first-order valence-electron chi connectivity index (χ1n) is 5.01. The topological polar surface area (TPSA) is 25.8 Å². The van der Waals surface area contributed by atoms with Crippen LogP contribution in [0.2, 0.25) is 5.02 Å². The fourth-order valence-electron chi connectivity index (χ4n) is 1.65. The Morgan fingerprint density at radius 1 is 1.33 bits per heavy atom. The van der Waals surface area contributed by atoms with Crippen molar-refractivity contribution in [2.45, 2.75) is 0 Å². The molecule has 0 saturated carbocycles. The van der Waals surface area contributed by atoms with E-state index in [-0.39, 0.29) is 5.02 Å². The molecule has 6 heteroatoms. The second-order valence-corrected chi connectivity index (χ2v) is 5.74. The monoisotopic (exact) mass is 342 g/mol. The molecule has 0 spiro atoms. The SMILES string of the molecule is Fc1c(Cl)cccc1-c1nc2ncsc2cc1Br. The third-order valence-corrected chi connectivity index (χ3v) is 4.15. The lowest BCUT2D eigenvalue weighted by Crippen LogP contribution is -1.91. The second kappa shape index (κ2) is 4.57. The molecule has 90 valence electrons. The molecule has 0 atom stereocenters. The molecule has 2 aromatic heterocycles. The Hall–Kier alpha value is -1.04. The number of hydrogen-bond acceptors (Lipinski definition) is 3. The van der Waals surface area contributed by atoms with E-state index >= 15 is 0 Å². The highest BCUT2D eigenvalue weighted by Crippen LogP contribution is 2.33. The Kier molecular flexibility index (Phi) is 3.05. The van der Waals surface area contributed by atoms with Crippen molar-refractivity contribution in [1.29, 1.82) is 0 Å². The van der Waals surface area contributed by atoms with Gasteiger partial charge in [0.25, 0.3) is 0 Å². The molecule has 1 aromatic carbocycles. The van der Waals surface area contributed by atoms with Crippen LogP contribution in [-0.4, -0.2) is 9.97 Å². The summed E-state index contributed by atoms with van der Waals surface area (Å²) in [5.41, 5.74) is 3.19. The fraction of sp³-hybridized carbons (Fsp3) is 0. The van der Waals surface area contributed by atoms with Crippen LogP contribution >= 0.6 is 38.9 Å². The lowest BCUT2D eigenvalue weighted by molar-refractivity contribution is 0.631. The van der Waals surface area contributed by atoms with Crippen molar-refractivity contribution < 1.29 is 4.39 Å². The first-order chi connectivity index (χ1) is 8.66. The summed E-state index contributed by atoms with van der Waals surface area (Å²) in [6.45, 7) is 0. The second-order valence-electron chi connectivity index (χ2n) is 3.59. The number of thiazole rings is 1. The highest BCUT2D eigenvalue weighted by atomic mass is 79.9. The average molecular weight is 344 g/mol. The average Bonchev–Trinajstić information content (AvgIpc) is 2.79. The predicted octanol–water partition coefficient (Wildman–Crippen LogP) is 4.91. The maximum absolute atomic E-state index is 14.0. The molecule has 0 fully saturated rings. The van der Waals surface area contributed by atoms with Gasteiger partial charge in [-0.25, -0.2) is 14.4 Å². The number of fused-ring (bicyclic) bond motifs is 1. The molecule has 0 aliphatic rings. The van der Waals surface area contributed by atoms with E-state index in [1.54, 1.807) is 17.6 Å². The molecule has 0 N–H and O–H groups in total. The number of benzene rings is 1. The van der Waals surface area contributed by atoms with Crippen LogP contribution in [0, 0.1) is 5.82 Å². The summed E-state index contributed by atoms with van der Waals surface area (Å²) in [6, 6.07) is 6.73. The van der Waals surface area contributed by atoms with Gasteiger partial charge in [0, 0.05) is 10.0 Å². The molecule has 0 radical (unpaired) electrons. The molecular weight excluding hydrogens is 339 g/mol. The quantitative estimate of drug-likeness (QED) is 0.627. The minimum atomic E-state index is -0.470. The summed E-state index contributed by atoms with van der Waals surface area (Å²) >= 11 is 10.7. The van der Waals surface area contributed by atoms with E-state index in [0.29, 0.717) is 16.9 Å². The van der Waals surface area contributed by atoms with Crippen molar-refractivity contribution in [3.63, 3.8) is 0 Å². The summed E-state index contributed by atoms with van der Waals surface area (Å²) in [4.78, 5) is 8.49. The minimum absolute atomic E-state index is 0.0829. The third-order valence-electron chi connectivity index (χ3n) is 2.48. The largest absolute Gasteiger partial charge is 0.226 e. The summed E-state index contributed by atoms with van der Waals surface area (Å²) in [5.74, 6) is -0.470. The van der Waals surface area contributed by atoms with Crippen molar-refractivity contribution in [1.82, 2.24) is 9.97 Å². The fourth-order valence-corrected chi connectivity index (χ4v) is 3.16. The van der Waals surface area contributed by atoms with Crippen molar-refractivity contribution in [3.8, 4) is 11.3 Å². The summed E-state index contributed by atoms with van der Waals surface area (Å²) in [6.07, 6.45) is 0. The summed E-state index contributed by atoms with van der Waals surface area (Å²) in [5, 5.41) is 0.0829. The van der Waals surface area contributed by atoms with Gasteiger partial charge in [-0.05, 0) is 34.1 Å². The van der Waals surface area contributed by atoms with E-state index in [1.165, 1.54) is 17.4 Å². The van der Waals surface area contributed by atoms with Crippen molar-refractivity contribution in [2.24, 2.45) is 0 Å². The van der Waals surface area contributed by atoms with Crippen molar-refractivity contribution in [3.05, 3.63) is 45.1 Å². The Morgan fingerprint density at radius 2 is 2.17 bits per heavy atom. The Morgan fingerprint density at radius 3 is 3.00 bits per heavy atom. The molecule has 18 heavy (non-hydrogen) atoms. The van der Waals surface area contributed by atoms with Gasteiger partial charge in [0.05, 0.1) is 20.9 Å². The Labute approximate surface area is 120 Å². The Balaban J connectivity index is 2.30. The Bertz CT molecular complexity index is 744. The zero-order valence-electron chi connectivity index (χ0n) is 8.82. The highest BCUT2D eigenvalue weighted by molar-refractivity contribution is 9.10. The van der Waals surface area contributed by atoms with Gasteiger partial charge >= 0.3 is 0 Å². The number of aromatic nitrogens is 2. The van der Waals surface area contributed by atoms with Gasteiger partial charge in [-0.15, -0.1) is 11.3 Å². The number of rotatable bonds is 1. The van der Waals surface area contributed by atoms with Gasteiger partial charge in [-0.1, -0.05) is 17.7 Å². The summed E-state index contributed by atoms with van der Waals surface area (Å²) in [7, 11) is 0. The maximum Gasteiger partial charge on any atom is 0.170 e. The number of halogens is 3. The van der Waals surface area contributed by atoms with Crippen LogP contribution in [0.1, 0.15) is 0 Å². The van der Waals surface area contributed by atoms with E-state index in [4.69, 9.17) is 11.6 Å². The molecular formula is C12H5BrClFN2S. The molecule has 0 aliphatic carbocycles.